The SMILES string of the molecule is CC(C)C(NN1CCCCC1)c1ccccc1. The van der Waals surface area contributed by atoms with E-state index in [1.54, 1.807) is 0 Å². The Balaban J connectivity index is 2.02. The molecule has 0 radical (unpaired) electrons. The monoisotopic (exact) mass is 232 g/mol. The van der Waals surface area contributed by atoms with Crippen molar-refractivity contribution in [2.24, 2.45) is 5.92 Å². The molecule has 1 aromatic rings. The average Bonchev–Trinajstić information content (AvgIpc) is 2.38. The lowest BCUT2D eigenvalue weighted by molar-refractivity contribution is 0.113. The number of benzene rings is 1. The maximum atomic E-state index is 3.70. The molecule has 1 aliphatic heterocycles. The van der Waals surface area contributed by atoms with E-state index in [9.17, 15) is 0 Å². The molecule has 17 heavy (non-hydrogen) atoms. The minimum atomic E-state index is 0.439. The Morgan fingerprint density at radius 1 is 1.00 bits per heavy atom. The van der Waals surface area contributed by atoms with Gasteiger partial charge in [-0.15, -0.1) is 0 Å². The van der Waals surface area contributed by atoms with Crippen LogP contribution in [0, 0.1) is 5.92 Å². The maximum absolute atomic E-state index is 3.70. The van der Waals surface area contributed by atoms with Gasteiger partial charge in [0.2, 0.25) is 0 Å². The first-order valence-electron chi connectivity index (χ1n) is 6.83. The number of nitrogens with zero attached hydrogens (tertiary/aromatic N) is 1. The molecule has 2 rings (SSSR count). The van der Waals surface area contributed by atoms with Gasteiger partial charge in [-0.2, -0.15) is 0 Å². The molecule has 94 valence electrons. The zero-order valence-corrected chi connectivity index (χ0v) is 11.0. The van der Waals surface area contributed by atoms with Crippen molar-refractivity contribution in [2.75, 3.05) is 13.1 Å². The van der Waals surface area contributed by atoms with E-state index in [1.807, 2.05) is 0 Å². The van der Waals surface area contributed by atoms with Crippen molar-refractivity contribution in [3.8, 4) is 0 Å². The molecule has 0 aliphatic carbocycles. The van der Waals surface area contributed by atoms with Crippen molar-refractivity contribution in [1.29, 1.82) is 0 Å². The molecule has 0 bridgehead atoms. The summed E-state index contributed by atoms with van der Waals surface area (Å²) in [6, 6.07) is 11.2. The lowest BCUT2D eigenvalue weighted by Gasteiger charge is -2.33. The zero-order chi connectivity index (χ0) is 12.1. The average molecular weight is 232 g/mol. The van der Waals surface area contributed by atoms with Gasteiger partial charge in [-0.25, -0.2) is 10.4 Å². The Morgan fingerprint density at radius 3 is 2.24 bits per heavy atom. The molecule has 2 heteroatoms. The van der Waals surface area contributed by atoms with E-state index < -0.39 is 0 Å². The second-order valence-corrected chi connectivity index (χ2v) is 5.31. The summed E-state index contributed by atoms with van der Waals surface area (Å²) in [6.45, 7) is 6.95. The summed E-state index contributed by atoms with van der Waals surface area (Å²) in [7, 11) is 0. The molecule has 1 aliphatic rings. The predicted molar refractivity (Wildman–Crippen MR) is 72.6 cm³/mol. The van der Waals surface area contributed by atoms with Gasteiger partial charge in [-0.1, -0.05) is 50.6 Å². The minimum absolute atomic E-state index is 0.439. The van der Waals surface area contributed by atoms with Crippen molar-refractivity contribution < 1.29 is 0 Å². The van der Waals surface area contributed by atoms with E-state index in [-0.39, 0.29) is 0 Å². The molecule has 1 heterocycles. The standard InChI is InChI=1S/C15H24N2/c1-13(2)15(14-9-5-3-6-10-14)16-17-11-7-4-8-12-17/h3,5-6,9-10,13,15-16H,4,7-8,11-12H2,1-2H3. The first-order chi connectivity index (χ1) is 8.27. The van der Waals surface area contributed by atoms with Crippen molar-refractivity contribution >= 4 is 0 Å². The normalized spacial score (nSPS) is 19.5. The van der Waals surface area contributed by atoms with Gasteiger partial charge in [0, 0.05) is 19.1 Å². The van der Waals surface area contributed by atoms with E-state index in [0.717, 1.165) is 0 Å². The number of hydrazine groups is 1. The molecule has 1 aromatic carbocycles. The zero-order valence-electron chi connectivity index (χ0n) is 11.0. The molecule has 2 nitrogen and oxygen atoms in total. The van der Waals surface area contributed by atoms with Crippen LogP contribution >= 0.6 is 0 Å². The van der Waals surface area contributed by atoms with Crippen LogP contribution in [0.3, 0.4) is 0 Å². The molecule has 1 saturated heterocycles. The summed E-state index contributed by atoms with van der Waals surface area (Å²) in [4.78, 5) is 0. The van der Waals surface area contributed by atoms with Gasteiger partial charge in [-0.05, 0) is 24.3 Å². The second-order valence-electron chi connectivity index (χ2n) is 5.31. The topological polar surface area (TPSA) is 15.3 Å². The molecule has 0 spiro atoms. The highest BCUT2D eigenvalue weighted by atomic mass is 15.5. The highest BCUT2D eigenvalue weighted by Crippen LogP contribution is 2.22. The number of hydrogen-bond donors (Lipinski definition) is 1. The molecular weight excluding hydrogens is 208 g/mol. The van der Waals surface area contributed by atoms with Crippen LogP contribution in [0.25, 0.3) is 0 Å². The molecule has 1 atom stereocenters. The number of hydrogen-bond acceptors (Lipinski definition) is 2. The van der Waals surface area contributed by atoms with Crippen LogP contribution in [-0.4, -0.2) is 18.1 Å². The number of rotatable bonds is 4. The number of piperidine rings is 1. The predicted octanol–water partition coefficient (Wildman–Crippen LogP) is 3.37. The van der Waals surface area contributed by atoms with Crippen LogP contribution in [0.5, 0.6) is 0 Å². The third kappa shape index (κ3) is 3.55. The summed E-state index contributed by atoms with van der Waals surface area (Å²) in [5, 5.41) is 2.40. The fraction of sp³-hybridized carbons (Fsp3) is 0.600. The molecule has 0 amide bonds. The summed E-state index contributed by atoms with van der Waals surface area (Å²) in [6.07, 6.45) is 4.04. The van der Waals surface area contributed by atoms with Gasteiger partial charge in [-0.3, -0.25) is 0 Å². The molecule has 1 fully saturated rings. The minimum Gasteiger partial charge on any atom is -0.247 e. The van der Waals surface area contributed by atoms with Gasteiger partial charge in [0.25, 0.3) is 0 Å². The van der Waals surface area contributed by atoms with Crippen LogP contribution in [-0.2, 0) is 0 Å². The Kier molecular flexibility index (Phi) is 4.57. The molecule has 1 unspecified atom stereocenters. The summed E-state index contributed by atoms with van der Waals surface area (Å²) in [5.74, 6) is 0.610. The Bertz CT molecular complexity index is 315. The lowest BCUT2D eigenvalue weighted by atomic mass is 9.97. The van der Waals surface area contributed by atoms with Gasteiger partial charge >= 0.3 is 0 Å². The first kappa shape index (κ1) is 12.6. The maximum Gasteiger partial charge on any atom is 0.0487 e. The van der Waals surface area contributed by atoms with Crippen molar-refractivity contribution in [3.05, 3.63) is 35.9 Å². The Morgan fingerprint density at radius 2 is 1.65 bits per heavy atom. The van der Waals surface area contributed by atoms with Gasteiger partial charge in [0.05, 0.1) is 0 Å². The van der Waals surface area contributed by atoms with Crippen molar-refractivity contribution in [3.63, 3.8) is 0 Å². The fourth-order valence-corrected chi connectivity index (χ4v) is 2.49. The first-order valence-corrected chi connectivity index (χ1v) is 6.83. The van der Waals surface area contributed by atoms with E-state index in [4.69, 9.17) is 0 Å². The van der Waals surface area contributed by atoms with Crippen LogP contribution in [0.1, 0.15) is 44.7 Å². The van der Waals surface area contributed by atoms with Crippen LogP contribution in [0.4, 0.5) is 0 Å². The third-order valence-electron chi connectivity index (χ3n) is 3.50. The van der Waals surface area contributed by atoms with E-state index in [0.29, 0.717) is 12.0 Å². The van der Waals surface area contributed by atoms with Gasteiger partial charge in [0.15, 0.2) is 0 Å². The highest BCUT2D eigenvalue weighted by Gasteiger charge is 2.19. The fourth-order valence-electron chi connectivity index (χ4n) is 2.49. The number of nitrogens with one attached hydrogen (secondary N) is 1. The summed E-state index contributed by atoms with van der Waals surface area (Å²) < 4.78 is 0. The molecule has 0 saturated carbocycles. The van der Waals surface area contributed by atoms with E-state index in [1.165, 1.54) is 37.9 Å². The Labute approximate surface area is 105 Å². The van der Waals surface area contributed by atoms with Crippen LogP contribution in [0.15, 0.2) is 30.3 Å². The lowest BCUT2D eigenvalue weighted by Crippen LogP contribution is -2.45. The summed E-state index contributed by atoms with van der Waals surface area (Å²) in [5.41, 5.74) is 5.10. The van der Waals surface area contributed by atoms with Gasteiger partial charge < -0.3 is 0 Å². The third-order valence-corrected chi connectivity index (χ3v) is 3.50. The molecule has 1 N–H and O–H groups in total. The molecule has 0 aromatic heterocycles. The highest BCUT2D eigenvalue weighted by molar-refractivity contribution is 5.19. The molecular formula is C15H24N2. The van der Waals surface area contributed by atoms with Crippen LogP contribution in [0.2, 0.25) is 0 Å². The van der Waals surface area contributed by atoms with E-state index in [2.05, 4.69) is 54.6 Å². The van der Waals surface area contributed by atoms with Gasteiger partial charge in [0.1, 0.15) is 0 Å². The Hall–Kier alpha value is -0.860. The quantitative estimate of drug-likeness (QED) is 0.856. The van der Waals surface area contributed by atoms with Crippen molar-refractivity contribution in [2.45, 2.75) is 39.2 Å². The van der Waals surface area contributed by atoms with E-state index >= 15 is 0 Å². The summed E-state index contributed by atoms with van der Waals surface area (Å²) >= 11 is 0. The smallest absolute Gasteiger partial charge is 0.0487 e. The second kappa shape index (κ2) is 6.18. The van der Waals surface area contributed by atoms with Crippen molar-refractivity contribution in [1.82, 2.24) is 10.4 Å². The van der Waals surface area contributed by atoms with Crippen LogP contribution < -0.4 is 5.43 Å². The largest absolute Gasteiger partial charge is 0.247 e.